The lowest BCUT2D eigenvalue weighted by Gasteiger charge is -2.36. The summed E-state index contributed by atoms with van der Waals surface area (Å²) in [6.07, 6.45) is 5.59. The minimum Gasteiger partial charge on any atom is -0.458 e. The summed E-state index contributed by atoms with van der Waals surface area (Å²) >= 11 is 1.56. The fourth-order valence-electron chi connectivity index (χ4n) is 3.41. The van der Waals surface area contributed by atoms with Crippen molar-refractivity contribution in [3.63, 3.8) is 0 Å². The van der Waals surface area contributed by atoms with E-state index in [9.17, 15) is 19.2 Å². The van der Waals surface area contributed by atoms with Gasteiger partial charge in [-0.15, -0.1) is 0 Å². The van der Waals surface area contributed by atoms with Crippen molar-refractivity contribution >= 4 is 35.6 Å². The van der Waals surface area contributed by atoms with Gasteiger partial charge in [-0.1, -0.05) is 26.0 Å². The molecule has 0 saturated heterocycles. The lowest BCUT2D eigenvalue weighted by atomic mass is 9.99. The van der Waals surface area contributed by atoms with Crippen molar-refractivity contribution in [3.05, 3.63) is 12.2 Å². The number of esters is 1. The number of carbonyl (C=O) groups excluding carboxylic acids is 4. The molecular formula is C25H43N3O6S. The number of amides is 3. The predicted octanol–water partition coefficient (Wildman–Crippen LogP) is 3.27. The van der Waals surface area contributed by atoms with Gasteiger partial charge in [0.2, 0.25) is 11.8 Å². The lowest BCUT2D eigenvalue weighted by molar-refractivity contribution is -0.159. The number of rotatable bonds is 9. The van der Waals surface area contributed by atoms with Crippen LogP contribution in [-0.4, -0.2) is 76.7 Å². The maximum atomic E-state index is 13.5. The van der Waals surface area contributed by atoms with Gasteiger partial charge >= 0.3 is 12.1 Å². The number of nitrogens with zero attached hydrogens (tertiary/aromatic N) is 1. The summed E-state index contributed by atoms with van der Waals surface area (Å²) in [5.74, 6) is -0.892. The highest BCUT2D eigenvalue weighted by molar-refractivity contribution is 7.98. The lowest BCUT2D eigenvalue weighted by Crippen LogP contribution is -2.59. The van der Waals surface area contributed by atoms with Gasteiger partial charge in [-0.05, 0) is 72.3 Å². The summed E-state index contributed by atoms with van der Waals surface area (Å²) in [4.78, 5) is 53.3. The van der Waals surface area contributed by atoms with Gasteiger partial charge in [0, 0.05) is 6.54 Å². The summed E-state index contributed by atoms with van der Waals surface area (Å²) in [6.45, 7) is 14.4. The Balaban J connectivity index is 3.05. The highest BCUT2D eigenvalue weighted by Gasteiger charge is 2.38. The van der Waals surface area contributed by atoms with E-state index in [0.29, 0.717) is 18.6 Å². The maximum Gasteiger partial charge on any atom is 0.408 e. The summed E-state index contributed by atoms with van der Waals surface area (Å²) in [5.41, 5.74) is -1.40. The average molecular weight is 514 g/mol. The Kier molecular flexibility index (Phi) is 11.6. The van der Waals surface area contributed by atoms with Crippen molar-refractivity contribution in [1.82, 2.24) is 15.5 Å². The van der Waals surface area contributed by atoms with Crippen molar-refractivity contribution < 1.29 is 28.7 Å². The largest absolute Gasteiger partial charge is 0.458 e. The zero-order chi connectivity index (χ0) is 27.0. The van der Waals surface area contributed by atoms with Crippen molar-refractivity contribution in [2.24, 2.45) is 5.92 Å². The Hall–Kier alpha value is -2.23. The molecule has 200 valence electrons. The first kappa shape index (κ1) is 30.8. The van der Waals surface area contributed by atoms with Crippen LogP contribution in [0.1, 0.15) is 68.2 Å². The molecule has 0 spiro atoms. The summed E-state index contributed by atoms with van der Waals surface area (Å²) in [7, 11) is 0. The molecule has 0 aromatic carbocycles. The first-order valence-corrected chi connectivity index (χ1v) is 13.4. The van der Waals surface area contributed by atoms with Crippen LogP contribution in [0, 0.1) is 5.92 Å². The number of carbonyl (C=O) groups is 4. The van der Waals surface area contributed by atoms with E-state index >= 15 is 0 Å². The molecule has 10 heteroatoms. The smallest absolute Gasteiger partial charge is 0.408 e. The van der Waals surface area contributed by atoms with Crippen LogP contribution in [0.4, 0.5) is 4.79 Å². The molecule has 0 radical (unpaired) electrons. The molecule has 0 fully saturated rings. The molecule has 3 amide bonds. The van der Waals surface area contributed by atoms with E-state index in [1.807, 2.05) is 32.3 Å². The number of thioether (sulfide) groups is 1. The molecular weight excluding hydrogens is 470 g/mol. The van der Waals surface area contributed by atoms with E-state index < -0.39 is 47.3 Å². The van der Waals surface area contributed by atoms with Gasteiger partial charge in [0.05, 0.1) is 0 Å². The van der Waals surface area contributed by atoms with Crippen molar-refractivity contribution in [3.8, 4) is 0 Å². The SMILES string of the molecule is CSCC[C@H](NC(=O)[C@@H]1CC=CCN1C(=O)[C@@H](NC(=O)OC(C)(C)C)C(C)C)C(=O)OC(C)(C)C. The first-order valence-electron chi connectivity index (χ1n) is 12.0. The Bertz CT molecular complexity index is 785. The van der Waals surface area contributed by atoms with Crippen LogP contribution < -0.4 is 10.6 Å². The molecule has 9 nitrogen and oxygen atoms in total. The first-order chi connectivity index (χ1) is 16.1. The van der Waals surface area contributed by atoms with Crippen LogP contribution >= 0.6 is 11.8 Å². The fourth-order valence-corrected chi connectivity index (χ4v) is 3.88. The maximum absolute atomic E-state index is 13.5. The van der Waals surface area contributed by atoms with Crippen LogP contribution in [0.15, 0.2) is 12.2 Å². The Morgan fingerprint density at radius 3 is 2.11 bits per heavy atom. The minimum atomic E-state index is -0.871. The van der Waals surface area contributed by atoms with Gasteiger partial charge in [-0.25, -0.2) is 9.59 Å². The van der Waals surface area contributed by atoms with E-state index in [1.165, 1.54) is 4.90 Å². The standard InChI is InChI=1S/C25H43N3O6S/c1-16(2)19(27-23(32)34-25(6,7)8)21(30)28-14-11-10-12-18(28)20(29)26-17(13-15-35-9)22(31)33-24(3,4)5/h10-11,16-19H,12-15H2,1-9H3,(H,26,29)(H,27,32)/t17-,18-,19-/m0/s1. The molecule has 1 aliphatic rings. The summed E-state index contributed by atoms with van der Waals surface area (Å²) < 4.78 is 10.8. The van der Waals surface area contributed by atoms with Crippen LogP contribution in [0.5, 0.6) is 0 Å². The average Bonchev–Trinajstić information content (AvgIpc) is 2.71. The summed E-state index contributed by atoms with van der Waals surface area (Å²) in [6, 6.07) is -2.50. The van der Waals surface area contributed by atoms with Crippen molar-refractivity contribution in [2.75, 3.05) is 18.6 Å². The molecule has 35 heavy (non-hydrogen) atoms. The van der Waals surface area contributed by atoms with E-state index in [1.54, 1.807) is 53.3 Å². The van der Waals surface area contributed by atoms with Crippen molar-refractivity contribution in [1.29, 1.82) is 0 Å². The summed E-state index contributed by atoms with van der Waals surface area (Å²) in [5, 5.41) is 5.46. The Morgan fingerprint density at radius 2 is 1.60 bits per heavy atom. The van der Waals surface area contributed by atoms with E-state index in [-0.39, 0.29) is 18.4 Å². The molecule has 0 unspecified atom stereocenters. The second-order valence-electron chi connectivity index (χ2n) is 11.0. The molecule has 1 rings (SSSR count). The zero-order valence-electron chi connectivity index (χ0n) is 22.6. The predicted molar refractivity (Wildman–Crippen MR) is 138 cm³/mol. The topological polar surface area (TPSA) is 114 Å². The third-order valence-electron chi connectivity index (χ3n) is 5.01. The van der Waals surface area contributed by atoms with Crippen LogP contribution in [-0.2, 0) is 23.9 Å². The molecule has 1 heterocycles. The highest BCUT2D eigenvalue weighted by atomic mass is 32.2. The zero-order valence-corrected chi connectivity index (χ0v) is 23.4. The van der Waals surface area contributed by atoms with Gasteiger partial charge in [-0.2, -0.15) is 11.8 Å². The second kappa shape index (κ2) is 13.2. The number of hydrogen-bond donors (Lipinski definition) is 2. The normalized spacial score (nSPS) is 18.0. The third kappa shape index (κ3) is 10.9. The third-order valence-corrected chi connectivity index (χ3v) is 5.66. The minimum absolute atomic E-state index is 0.220. The van der Waals surface area contributed by atoms with Gasteiger partial charge in [0.1, 0.15) is 29.3 Å². The van der Waals surface area contributed by atoms with Crippen molar-refractivity contribution in [2.45, 2.75) is 97.6 Å². The molecule has 2 N–H and O–H groups in total. The number of hydrogen-bond acceptors (Lipinski definition) is 7. The van der Waals surface area contributed by atoms with Gasteiger partial charge in [-0.3, -0.25) is 9.59 Å². The molecule has 3 atom stereocenters. The van der Waals surface area contributed by atoms with E-state index in [0.717, 1.165) is 0 Å². The molecule has 0 aromatic heterocycles. The second-order valence-corrected chi connectivity index (χ2v) is 11.9. The molecule has 0 aromatic rings. The van der Waals surface area contributed by atoms with Crippen LogP contribution in [0.25, 0.3) is 0 Å². The molecule has 0 aliphatic carbocycles. The van der Waals surface area contributed by atoms with Gasteiger partial charge in [0.15, 0.2) is 0 Å². The Morgan fingerprint density at radius 1 is 1.00 bits per heavy atom. The Labute approximate surface area is 214 Å². The van der Waals surface area contributed by atoms with E-state index in [4.69, 9.17) is 9.47 Å². The quantitative estimate of drug-likeness (QED) is 0.359. The van der Waals surface area contributed by atoms with Crippen LogP contribution in [0.3, 0.4) is 0 Å². The fraction of sp³-hybridized carbons (Fsp3) is 0.760. The number of nitrogens with one attached hydrogen (secondary N) is 2. The van der Waals surface area contributed by atoms with Crippen LogP contribution in [0.2, 0.25) is 0 Å². The monoisotopic (exact) mass is 513 g/mol. The number of ether oxygens (including phenoxy) is 2. The number of alkyl carbamates (subject to hydrolysis) is 1. The molecule has 0 bridgehead atoms. The van der Waals surface area contributed by atoms with Gasteiger partial charge in [0.25, 0.3) is 0 Å². The molecule has 0 saturated carbocycles. The van der Waals surface area contributed by atoms with E-state index in [2.05, 4.69) is 10.6 Å². The highest BCUT2D eigenvalue weighted by Crippen LogP contribution is 2.18. The van der Waals surface area contributed by atoms with Gasteiger partial charge < -0.3 is 25.0 Å². The molecule has 1 aliphatic heterocycles.